The number of aldehydes is 1. The molecule has 0 amide bonds. The molecule has 5 heteroatoms. The molecule has 19 heavy (non-hydrogen) atoms. The highest BCUT2D eigenvalue weighted by molar-refractivity contribution is 5.83. The average Bonchev–Trinajstić information content (AvgIpc) is 2.47. The fraction of sp³-hybridized carbons (Fsp3) is 0.500. The van der Waals surface area contributed by atoms with Gasteiger partial charge in [0.15, 0.2) is 6.29 Å². The molecule has 1 fully saturated rings. The van der Waals surface area contributed by atoms with Gasteiger partial charge in [0.05, 0.1) is 18.1 Å². The van der Waals surface area contributed by atoms with E-state index in [1.165, 1.54) is 0 Å². The highest BCUT2D eigenvalue weighted by Gasteiger charge is 2.28. The lowest BCUT2D eigenvalue weighted by Gasteiger charge is -2.32. The number of piperidine rings is 1. The molecule has 0 saturated carbocycles. The molecular formula is C14H18N2O3. The molecule has 1 aromatic heterocycles. The first kappa shape index (κ1) is 13.5. The Morgan fingerprint density at radius 3 is 3.21 bits per heavy atom. The first-order valence-electron chi connectivity index (χ1n) is 6.58. The summed E-state index contributed by atoms with van der Waals surface area (Å²) < 4.78 is 5.07. The number of carbonyl (C=O) groups excluding carboxylic acids is 2. The minimum atomic E-state index is -0.157. The van der Waals surface area contributed by atoms with E-state index in [0.29, 0.717) is 24.5 Å². The number of hydrogen-bond acceptors (Lipinski definition) is 5. The van der Waals surface area contributed by atoms with E-state index in [4.69, 9.17) is 4.74 Å². The van der Waals surface area contributed by atoms with Crippen LogP contribution in [0.4, 0.5) is 5.82 Å². The number of ether oxygens (including phenoxy) is 1. The van der Waals surface area contributed by atoms with Gasteiger partial charge in [-0.25, -0.2) is 4.98 Å². The second-order valence-electron chi connectivity index (χ2n) is 4.57. The zero-order chi connectivity index (χ0) is 13.7. The minimum Gasteiger partial charge on any atom is -0.466 e. The van der Waals surface area contributed by atoms with Crippen LogP contribution in [0.25, 0.3) is 0 Å². The van der Waals surface area contributed by atoms with Gasteiger partial charge in [0.2, 0.25) is 0 Å². The van der Waals surface area contributed by atoms with Gasteiger partial charge in [-0.3, -0.25) is 9.59 Å². The van der Waals surface area contributed by atoms with Gasteiger partial charge in [-0.05, 0) is 31.9 Å². The second kappa shape index (κ2) is 6.31. The summed E-state index contributed by atoms with van der Waals surface area (Å²) in [5.41, 5.74) is 0.562. The summed E-state index contributed by atoms with van der Waals surface area (Å²) in [4.78, 5) is 29.1. The van der Waals surface area contributed by atoms with E-state index in [2.05, 4.69) is 4.98 Å². The number of rotatable bonds is 4. The molecule has 0 bridgehead atoms. The average molecular weight is 262 g/mol. The van der Waals surface area contributed by atoms with Crippen molar-refractivity contribution >= 4 is 18.1 Å². The topological polar surface area (TPSA) is 59.5 Å². The van der Waals surface area contributed by atoms with Gasteiger partial charge in [-0.15, -0.1) is 0 Å². The van der Waals surface area contributed by atoms with Crippen LogP contribution in [0.2, 0.25) is 0 Å². The van der Waals surface area contributed by atoms with Crippen LogP contribution < -0.4 is 4.90 Å². The maximum absolute atomic E-state index is 11.8. The third-order valence-corrected chi connectivity index (χ3v) is 3.28. The highest BCUT2D eigenvalue weighted by Crippen LogP contribution is 2.24. The van der Waals surface area contributed by atoms with E-state index < -0.39 is 0 Å². The first-order valence-corrected chi connectivity index (χ1v) is 6.58. The lowest BCUT2D eigenvalue weighted by Crippen LogP contribution is -2.40. The van der Waals surface area contributed by atoms with Crippen LogP contribution in [0.5, 0.6) is 0 Å². The maximum atomic E-state index is 11.8. The van der Waals surface area contributed by atoms with Crippen molar-refractivity contribution in [2.24, 2.45) is 5.92 Å². The number of nitrogens with zero attached hydrogens (tertiary/aromatic N) is 2. The Labute approximate surface area is 112 Å². The van der Waals surface area contributed by atoms with Crippen molar-refractivity contribution in [3.8, 4) is 0 Å². The fourth-order valence-corrected chi connectivity index (χ4v) is 2.39. The van der Waals surface area contributed by atoms with Crippen LogP contribution in [0, 0.1) is 5.92 Å². The largest absolute Gasteiger partial charge is 0.466 e. The monoisotopic (exact) mass is 262 g/mol. The van der Waals surface area contributed by atoms with Crippen molar-refractivity contribution < 1.29 is 14.3 Å². The Bertz CT molecular complexity index is 462. The van der Waals surface area contributed by atoms with Crippen LogP contribution in [0.1, 0.15) is 30.1 Å². The summed E-state index contributed by atoms with van der Waals surface area (Å²) in [6.07, 6.45) is 4.20. The number of pyridine rings is 1. The smallest absolute Gasteiger partial charge is 0.310 e. The predicted octanol–water partition coefficient (Wildman–Crippen LogP) is 1.67. The van der Waals surface area contributed by atoms with E-state index >= 15 is 0 Å². The summed E-state index contributed by atoms with van der Waals surface area (Å²) in [5.74, 6) is 0.373. The molecule has 2 heterocycles. The van der Waals surface area contributed by atoms with Crippen molar-refractivity contribution in [3.05, 3.63) is 23.9 Å². The Balaban J connectivity index is 2.12. The molecule has 1 saturated heterocycles. The van der Waals surface area contributed by atoms with Crippen LogP contribution in [-0.2, 0) is 9.53 Å². The van der Waals surface area contributed by atoms with Crippen LogP contribution >= 0.6 is 0 Å². The third kappa shape index (κ3) is 3.10. The quantitative estimate of drug-likeness (QED) is 0.610. The standard InChI is InChI=1S/C14H18N2O3/c1-2-19-14(18)11-6-4-8-16(9-11)13-12(10-17)5-3-7-15-13/h3,5,7,10-11H,2,4,6,8-9H2,1H3. The van der Waals surface area contributed by atoms with Gasteiger partial charge < -0.3 is 9.64 Å². The second-order valence-corrected chi connectivity index (χ2v) is 4.57. The van der Waals surface area contributed by atoms with E-state index in [1.807, 2.05) is 11.8 Å². The molecule has 1 atom stereocenters. The first-order chi connectivity index (χ1) is 9.26. The number of esters is 1. The third-order valence-electron chi connectivity index (χ3n) is 3.28. The van der Waals surface area contributed by atoms with E-state index in [1.54, 1.807) is 18.3 Å². The number of hydrogen-bond donors (Lipinski definition) is 0. The molecule has 1 unspecified atom stereocenters. The van der Waals surface area contributed by atoms with Crippen LogP contribution in [-0.4, -0.2) is 36.9 Å². The fourth-order valence-electron chi connectivity index (χ4n) is 2.39. The highest BCUT2D eigenvalue weighted by atomic mass is 16.5. The lowest BCUT2D eigenvalue weighted by atomic mass is 9.98. The molecule has 0 aromatic carbocycles. The van der Waals surface area contributed by atoms with E-state index in [9.17, 15) is 9.59 Å². The van der Waals surface area contributed by atoms with Crippen molar-refractivity contribution in [1.82, 2.24) is 4.98 Å². The normalized spacial score (nSPS) is 19.0. The number of aromatic nitrogens is 1. The predicted molar refractivity (Wildman–Crippen MR) is 71.2 cm³/mol. The van der Waals surface area contributed by atoms with Gasteiger partial charge in [0.25, 0.3) is 0 Å². The molecule has 0 N–H and O–H groups in total. The molecule has 2 rings (SSSR count). The van der Waals surface area contributed by atoms with Gasteiger partial charge in [0, 0.05) is 19.3 Å². The Kier molecular flexibility index (Phi) is 4.49. The van der Waals surface area contributed by atoms with Crippen LogP contribution in [0.15, 0.2) is 18.3 Å². The lowest BCUT2D eigenvalue weighted by molar-refractivity contribution is -0.148. The van der Waals surface area contributed by atoms with Gasteiger partial charge in [-0.2, -0.15) is 0 Å². The zero-order valence-electron chi connectivity index (χ0n) is 11.0. The molecule has 0 radical (unpaired) electrons. The summed E-state index contributed by atoms with van der Waals surface area (Å²) >= 11 is 0. The van der Waals surface area contributed by atoms with Crippen LogP contribution in [0.3, 0.4) is 0 Å². The molecule has 102 valence electrons. The molecular weight excluding hydrogens is 244 g/mol. The number of anilines is 1. The summed E-state index contributed by atoms with van der Waals surface area (Å²) in [7, 11) is 0. The van der Waals surface area contributed by atoms with Crippen molar-refractivity contribution in [3.63, 3.8) is 0 Å². The molecule has 1 aliphatic heterocycles. The summed E-state index contributed by atoms with van der Waals surface area (Å²) in [6, 6.07) is 3.48. The Morgan fingerprint density at radius 1 is 1.63 bits per heavy atom. The molecule has 0 aliphatic carbocycles. The summed E-state index contributed by atoms with van der Waals surface area (Å²) in [6.45, 7) is 3.59. The Morgan fingerprint density at radius 2 is 2.47 bits per heavy atom. The van der Waals surface area contributed by atoms with Crippen molar-refractivity contribution in [2.45, 2.75) is 19.8 Å². The van der Waals surface area contributed by atoms with Gasteiger partial charge in [0.1, 0.15) is 5.82 Å². The minimum absolute atomic E-state index is 0.129. The van der Waals surface area contributed by atoms with Gasteiger partial charge in [-0.1, -0.05) is 0 Å². The molecule has 5 nitrogen and oxygen atoms in total. The van der Waals surface area contributed by atoms with Crippen molar-refractivity contribution in [1.29, 1.82) is 0 Å². The van der Waals surface area contributed by atoms with E-state index in [0.717, 1.165) is 25.7 Å². The molecule has 0 spiro atoms. The Hall–Kier alpha value is -1.91. The SMILES string of the molecule is CCOC(=O)C1CCCN(c2ncccc2C=O)C1. The molecule has 1 aromatic rings. The van der Waals surface area contributed by atoms with Crippen molar-refractivity contribution in [2.75, 3.05) is 24.6 Å². The zero-order valence-corrected chi connectivity index (χ0v) is 11.0. The molecule has 1 aliphatic rings. The maximum Gasteiger partial charge on any atom is 0.310 e. The summed E-state index contributed by atoms with van der Waals surface area (Å²) in [5, 5.41) is 0. The number of carbonyl (C=O) groups is 2. The van der Waals surface area contributed by atoms with E-state index in [-0.39, 0.29) is 11.9 Å². The van der Waals surface area contributed by atoms with Gasteiger partial charge >= 0.3 is 5.97 Å².